The number of oxime groups is 1. The molecule has 1 aliphatic heterocycles. The Bertz CT molecular complexity index is 1520. The number of allylic oxidation sites excluding steroid dienone is 1. The molecule has 0 radical (unpaired) electrons. The van der Waals surface area contributed by atoms with Crippen LogP contribution in [0.15, 0.2) is 65.9 Å². The van der Waals surface area contributed by atoms with Gasteiger partial charge in [-0.15, -0.1) is 18.3 Å². The van der Waals surface area contributed by atoms with E-state index in [9.17, 15) is 10.2 Å². The monoisotopic (exact) mass is 703 g/mol. The first-order valence-corrected chi connectivity index (χ1v) is 20.0. The highest BCUT2D eigenvalue weighted by molar-refractivity contribution is 8.00. The van der Waals surface area contributed by atoms with Crippen LogP contribution in [0.25, 0.3) is 0 Å². The molecule has 2 saturated carbocycles. The van der Waals surface area contributed by atoms with Gasteiger partial charge in [-0.2, -0.15) is 0 Å². The Balaban J connectivity index is 1.52. The SMILES string of the molecule is C=CCO[C@@]12Oc3ccc(Oc4ccc(C)c(C)c4)cc3[C@H]3[C@H](CCCCO)[C@@H](CCCCO)C=C(C(=NOCC)C[C@@H]1SC1CCCC1)[C@H]32. The summed E-state index contributed by atoms with van der Waals surface area (Å²) in [4.78, 5) is 5.85. The van der Waals surface area contributed by atoms with Crippen molar-refractivity contribution in [2.24, 2.45) is 22.9 Å². The van der Waals surface area contributed by atoms with E-state index in [0.29, 0.717) is 24.9 Å². The van der Waals surface area contributed by atoms with Gasteiger partial charge in [0.2, 0.25) is 5.79 Å². The number of hydrogen-bond donors (Lipinski definition) is 2. The quantitative estimate of drug-likeness (QED) is 0.0964. The van der Waals surface area contributed by atoms with Crippen molar-refractivity contribution in [3.63, 3.8) is 0 Å². The summed E-state index contributed by atoms with van der Waals surface area (Å²) in [7, 11) is 0. The van der Waals surface area contributed by atoms with Crippen molar-refractivity contribution >= 4 is 17.5 Å². The minimum Gasteiger partial charge on any atom is -0.460 e. The minimum absolute atomic E-state index is 0.0121. The van der Waals surface area contributed by atoms with Crippen LogP contribution in [0.5, 0.6) is 17.2 Å². The summed E-state index contributed by atoms with van der Waals surface area (Å²) < 4.78 is 20.9. The maximum absolute atomic E-state index is 9.86. The van der Waals surface area contributed by atoms with Gasteiger partial charge < -0.3 is 29.3 Å². The number of thioether (sulfide) groups is 1. The summed E-state index contributed by atoms with van der Waals surface area (Å²) in [6.45, 7) is 11.5. The Morgan fingerprint density at radius 3 is 2.44 bits per heavy atom. The Morgan fingerprint density at radius 1 is 0.980 bits per heavy atom. The normalized spacial score (nSPS) is 28.1. The zero-order valence-electron chi connectivity index (χ0n) is 30.3. The number of fused-ring (bicyclic) bond motifs is 2. The van der Waals surface area contributed by atoms with Crippen LogP contribution in [0.1, 0.15) is 100 Å². The molecule has 50 heavy (non-hydrogen) atoms. The third kappa shape index (κ3) is 7.84. The van der Waals surface area contributed by atoms with Crippen LogP contribution in [0.2, 0.25) is 0 Å². The lowest BCUT2D eigenvalue weighted by Crippen LogP contribution is -2.64. The smallest absolute Gasteiger partial charge is 0.230 e. The Labute approximate surface area is 303 Å². The number of benzene rings is 2. The molecule has 8 heteroatoms. The summed E-state index contributed by atoms with van der Waals surface area (Å²) in [6, 6.07) is 12.5. The highest BCUT2D eigenvalue weighted by atomic mass is 32.2. The highest BCUT2D eigenvalue weighted by Gasteiger charge is 2.64. The topological polar surface area (TPSA) is 89.7 Å². The number of nitrogens with zero attached hydrogens (tertiary/aromatic N) is 1. The molecule has 0 aromatic heterocycles. The van der Waals surface area contributed by atoms with Gasteiger partial charge >= 0.3 is 0 Å². The van der Waals surface area contributed by atoms with Gasteiger partial charge in [0.15, 0.2) is 0 Å². The minimum atomic E-state index is -0.919. The average molecular weight is 704 g/mol. The van der Waals surface area contributed by atoms with E-state index < -0.39 is 5.79 Å². The van der Waals surface area contributed by atoms with E-state index in [1.807, 2.05) is 36.9 Å². The zero-order valence-corrected chi connectivity index (χ0v) is 31.1. The molecular formula is C42H57NO6S. The van der Waals surface area contributed by atoms with Crippen LogP contribution < -0.4 is 9.47 Å². The molecule has 2 aromatic carbocycles. The van der Waals surface area contributed by atoms with Crippen LogP contribution in [0, 0.1) is 31.6 Å². The number of hydrogen-bond acceptors (Lipinski definition) is 8. The number of aryl methyl sites for hydroxylation is 2. The molecule has 0 amide bonds. The predicted molar refractivity (Wildman–Crippen MR) is 202 cm³/mol. The fourth-order valence-electron chi connectivity index (χ4n) is 8.82. The Kier molecular flexibility index (Phi) is 12.7. The van der Waals surface area contributed by atoms with Crippen molar-refractivity contribution in [1.29, 1.82) is 0 Å². The third-order valence-electron chi connectivity index (χ3n) is 11.3. The van der Waals surface area contributed by atoms with E-state index in [1.54, 1.807) is 0 Å². The van der Waals surface area contributed by atoms with E-state index in [1.165, 1.54) is 42.4 Å². The van der Waals surface area contributed by atoms with Crippen molar-refractivity contribution in [3.8, 4) is 17.2 Å². The average Bonchev–Trinajstić information content (AvgIpc) is 3.64. The molecule has 2 aromatic rings. The molecule has 0 saturated heterocycles. The van der Waals surface area contributed by atoms with Crippen molar-refractivity contribution in [2.45, 2.75) is 114 Å². The van der Waals surface area contributed by atoms with Gasteiger partial charge in [0.1, 0.15) is 23.9 Å². The number of unbranched alkanes of at least 4 members (excludes halogenated alkanes) is 2. The van der Waals surface area contributed by atoms with Crippen molar-refractivity contribution in [2.75, 3.05) is 26.4 Å². The molecule has 1 heterocycles. The molecule has 0 spiro atoms. The predicted octanol–water partition coefficient (Wildman–Crippen LogP) is 9.43. The van der Waals surface area contributed by atoms with Gasteiger partial charge in [0.25, 0.3) is 0 Å². The van der Waals surface area contributed by atoms with E-state index in [-0.39, 0.29) is 42.1 Å². The van der Waals surface area contributed by atoms with E-state index in [0.717, 1.165) is 67.0 Å². The molecule has 0 unspecified atom stereocenters. The maximum atomic E-state index is 9.86. The molecule has 2 N–H and O–H groups in total. The Morgan fingerprint density at radius 2 is 1.72 bits per heavy atom. The summed E-state index contributed by atoms with van der Waals surface area (Å²) >= 11 is 2.03. The van der Waals surface area contributed by atoms with Crippen LogP contribution in [0.3, 0.4) is 0 Å². The van der Waals surface area contributed by atoms with Gasteiger partial charge in [-0.25, -0.2) is 0 Å². The third-order valence-corrected chi connectivity index (χ3v) is 13.0. The fraction of sp³-hybridized carbons (Fsp3) is 0.595. The maximum Gasteiger partial charge on any atom is 0.230 e. The van der Waals surface area contributed by atoms with Gasteiger partial charge in [-0.1, -0.05) is 49.1 Å². The second kappa shape index (κ2) is 17.2. The Hall–Kier alpha value is -2.78. The lowest BCUT2D eigenvalue weighted by Gasteiger charge is -2.58. The van der Waals surface area contributed by atoms with Gasteiger partial charge in [0.05, 0.1) is 23.5 Å². The van der Waals surface area contributed by atoms with Crippen molar-refractivity contribution in [1.82, 2.24) is 0 Å². The summed E-state index contributed by atoms with van der Waals surface area (Å²) in [5, 5.41) is 25.0. The van der Waals surface area contributed by atoms with Gasteiger partial charge in [-0.3, -0.25) is 0 Å². The number of aliphatic hydroxyl groups excluding tert-OH is 2. The van der Waals surface area contributed by atoms with E-state index in [2.05, 4.69) is 50.8 Å². The molecule has 7 nitrogen and oxygen atoms in total. The zero-order chi connectivity index (χ0) is 35.1. The van der Waals surface area contributed by atoms with E-state index >= 15 is 0 Å². The first-order chi connectivity index (χ1) is 24.4. The molecule has 4 aliphatic rings. The van der Waals surface area contributed by atoms with Crippen LogP contribution in [-0.2, 0) is 9.57 Å². The van der Waals surface area contributed by atoms with Crippen LogP contribution >= 0.6 is 11.8 Å². The van der Waals surface area contributed by atoms with Crippen LogP contribution in [-0.4, -0.2) is 58.6 Å². The second-order valence-electron chi connectivity index (χ2n) is 14.6. The molecule has 6 rings (SSSR count). The number of aliphatic hydroxyl groups is 2. The van der Waals surface area contributed by atoms with Crippen LogP contribution in [0.4, 0.5) is 0 Å². The molecule has 0 bridgehead atoms. The lowest BCUT2D eigenvalue weighted by atomic mass is 9.56. The number of rotatable bonds is 17. The first-order valence-electron chi connectivity index (χ1n) is 19.0. The van der Waals surface area contributed by atoms with Crippen molar-refractivity contribution in [3.05, 3.63) is 77.4 Å². The molecular weight excluding hydrogens is 647 g/mol. The molecule has 272 valence electrons. The molecule has 3 aliphatic carbocycles. The largest absolute Gasteiger partial charge is 0.460 e. The highest BCUT2D eigenvalue weighted by Crippen LogP contribution is 2.63. The van der Waals surface area contributed by atoms with Gasteiger partial charge in [0, 0.05) is 36.4 Å². The number of ether oxygens (including phenoxy) is 3. The van der Waals surface area contributed by atoms with Crippen molar-refractivity contribution < 1.29 is 29.3 Å². The molecule has 2 fully saturated rings. The summed E-state index contributed by atoms with van der Waals surface area (Å²) in [6.07, 6.45) is 15.3. The van der Waals surface area contributed by atoms with E-state index in [4.69, 9.17) is 24.2 Å². The second-order valence-corrected chi connectivity index (χ2v) is 16.1. The first kappa shape index (κ1) is 37.0. The standard InChI is InChI=1S/C42H57NO6S/c1-5-23-46-42-39(50-33-14-7-8-15-33)27-37(43-47-6-2)35-25-30(13-9-11-21-44)34(16-10-12-22-45)40(41(35)42)36-26-32(19-20-38(36)49-42)48-31-18-17-28(3)29(4)24-31/h5,17-20,24-26,30,33-34,39-41,44-45H,1,6-16,21-23,27H2,2-4H3/t30-,34+,39-,40+,41+,42+/m0/s1. The molecule has 6 atom stereocenters. The fourth-order valence-corrected chi connectivity index (χ4v) is 10.6. The summed E-state index contributed by atoms with van der Waals surface area (Å²) in [5.74, 6) is 2.00. The van der Waals surface area contributed by atoms with Gasteiger partial charge in [-0.05, 0) is 118 Å². The lowest BCUT2D eigenvalue weighted by molar-refractivity contribution is -0.223. The summed E-state index contributed by atoms with van der Waals surface area (Å²) in [5.41, 5.74) is 5.75.